The fraction of sp³-hybridized carbons (Fsp3) is 0.688. The highest BCUT2D eigenvalue weighted by atomic mass is 16.5. The fourth-order valence-corrected chi connectivity index (χ4v) is 1.82. The van der Waals surface area contributed by atoms with E-state index in [0.717, 1.165) is 17.1 Å². The molecular formula is C16H28N2O2. The number of pyridine rings is 1. The lowest BCUT2D eigenvalue weighted by molar-refractivity contribution is -0.0117. The Kier molecular flexibility index (Phi) is 6.43. The van der Waals surface area contributed by atoms with Crippen LogP contribution in [0.15, 0.2) is 12.1 Å². The number of aliphatic hydroxyl groups is 1. The monoisotopic (exact) mass is 280 g/mol. The van der Waals surface area contributed by atoms with Crippen molar-refractivity contribution in [3.63, 3.8) is 0 Å². The molecule has 0 spiro atoms. The van der Waals surface area contributed by atoms with Crippen LogP contribution in [-0.4, -0.2) is 28.3 Å². The van der Waals surface area contributed by atoms with Crippen molar-refractivity contribution in [2.24, 2.45) is 0 Å². The van der Waals surface area contributed by atoms with Crippen molar-refractivity contribution in [2.45, 2.75) is 65.6 Å². The summed E-state index contributed by atoms with van der Waals surface area (Å²) in [5, 5.41) is 13.6. The molecule has 0 aliphatic rings. The fourth-order valence-electron chi connectivity index (χ4n) is 1.82. The maximum atomic E-state index is 10.3. The molecule has 0 aliphatic carbocycles. The van der Waals surface area contributed by atoms with Gasteiger partial charge in [-0.05, 0) is 31.9 Å². The summed E-state index contributed by atoms with van der Waals surface area (Å²) in [6.45, 7) is 11.1. The SMILES string of the molecule is CCC(O)(CC)COc1ccc(C)nc1CNC(C)C. The normalized spacial score (nSPS) is 11.9. The number of aryl methyl sites for hydroxylation is 1. The Hall–Kier alpha value is -1.13. The molecule has 114 valence electrons. The third-order valence-electron chi connectivity index (χ3n) is 3.56. The molecular weight excluding hydrogens is 252 g/mol. The van der Waals surface area contributed by atoms with Gasteiger partial charge in [-0.25, -0.2) is 0 Å². The highest BCUT2D eigenvalue weighted by Gasteiger charge is 2.23. The number of rotatable bonds is 8. The van der Waals surface area contributed by atoms with Crippen LogP contribution in [0.25, 0.3) is 0 Å². The summed E-state index contributed by atoms with van der Waals surface area (Å²) in [5.41, 5.74) is 1.11. The van der Waals surface area contributed by atoms with Gasteiger partial charge in [-0.15, -0.1) is 0 Å². The second-order valence-electron chi connectivity index (χ2n) is 5.65. The minimum Gasteiger partial charge on any atom is -0.489 e. The van der Waals surface area contributed by atoms with Crippen LogP contribution in [0.2, 0.25) is 0 Å². The Morgan fingerprint density at radius 2 is 1.95 bits per heavy atom. The molecule has 0 saturated heterocycles. The zero-order chi connectivity index (χ0) is 15.2. The minimum atomic E-state index is -0.756. The van der Waals surface area contributed by atoms with Crippen LogP contribution < -0.4 is 10.1 Å². The van der Waals surface area contributed by atoms with Gasteiger partial charge >= 0.3 is 0 Å². The summed E-state index contributed by atoms with van der Waals surface area (Å²) >= 11 is 0. The Balaban J connectivity index is 2.78. The number of aromatic nitrogens is 1. The van der Waals surface area contributed by atoms with Gasteiger partial charge in [-0.2, -0.15) is 0 Å². The number of nitrogens with one attached hydrogen (secondary N) is 1. The van der Waals surface area contributed by atoms with Gasteiger partial charge < -0.3 is 15.2 Å². The second-order valence-corrected chi connectivity index (χ2v) is 5.65. The molecule has 20 heavy (non-hydrogen) atoms. The first-order valence-electron chi connectivity index (χ1n) is 7.45. The number of hydrogen-bond donors (Lipinski definition) is 2. The summed E-state index contributed by atoms with van der Waals surface area (Å²) in [6, 6.07) is 4.27. The van der Waals surface area contributed by atoms with Gasteiger partial charge in [-0.1, -0.05) is 27.7 Å². The Morgan fingerprint density at radius 3 is 2.50 bits per heavy atom. The van der Waals surface area contributed by atoms with Gasteiger partial charge in [0.1, 0.15) is 12.4 Å². The lowest BCUT2D eigenvalue weighted by Crippen LogP contribution is -2.34. The van der Waals surface area contributed by atoms with E-state index in [0.29, 0.717) is 32.0 Å². The predicted molar refractivity (Wildman–Crippen MR) is 82.0 cm³/mol. The molecule has 0 amide bonds. The van der Waals surface area contributed by atoms with Crippen LogP contribution in [0, 0.1) is 6.92 Å². The minimum absolute atomic E-state index is 0.305. The molecule has 1 aromatic rings. The van der Waals surface area contributed by atoms with Crippen molar-refractivity contribution in [2.75, 3.05) is 6.61 Å². The van der Waals surface area contributed by atoms with E-state index < -0.39 is 5.60 Å². The first-order valence-corrected chi connectivity index (χ1v) is 7.45. The molecule has 0 saturated carbocycles. The summed E-state index contributed by atoms with van der Waals surface area (Å²) in [6.07, 6.45) is 1.37. The third kappa shape index (κ3) is 5.10. The highest BCUT2D eigenvalue weighted by Crippen LogP contribution is 2.21. The van der Waals surface area contributed by atoms with E-state index in [9.17, 15) is 5.11 Å². The molecule has 1 aromatic heterocycles. The molecule has 2 N–H and O–H groups in total. The van der Waals surface area contributed by atoms with E-state index in [1.165, 1.54) is 0 Å². The van der Waals surface area contributed by atoms with Gasteiger partial charge in [0.05, 0.1) is 11.3 Å². The number of hydrogen-bond acceptors (Lipinski definition) is 4. The zero-order valence-corrected chi connectivity index (χ0v) is 13.4. The van der Waals surface area contributed by atoms with E-state index in [-0.39, 0.29) is 0 Å². The zero-order valence-electron chi connectivity index (χ0n) is 13.4. The van der Waals surface area contributed by atoms with Crippen molar-refractivity contribution >= 4 is 0 Å². The topological polar surface area (TPSA) is 54.4 Å². The van der Waals surface area contributed by atoms with Crippen LogP contribution in [0.3, 0.4) is 0 Å². The first-order chi connectivity index (χ1) is 9.40. The molecule has 4 nitrogen and oxygen atoms in total. The van der Waals surface area contributed by atoms with Crippen molar-refractivity contribution in [1.82, 2.24) is 10.3 Å². The van der Waals surface area contributed by atoms with Gasteiger partial charge in [0.25, 0.3) is 0 Å². The largest absolute Gasteiger partial charge is 0.489 e. The molecule has 0 aromatic carbocycles. The van der Waals surface area contributed by atoms with E-state index in [1.54, 1.807) is 0 Å². The average molecular weight is 280 g/mol. The Bertz CT molecular complexity index is 415. The van der Waals surface area contributed by atoms with Gasteiger partial charge in [-0.3, -0.25) is 4.98 Å². The second kappa shape index (κ2) is 7.60. The molecule has 1 rings (SSSR count). The van der Waals surface area contributed by atoms with Crippen molar-refractivity contribution in [1.29, 1.82) is 0 Å². The molecule has 0 atom stereocenters. The number of ether oxygens (including phenoxy) is 1. The van der Waals surface area contributed by atoms with E-state index in [4.69, 9.17) is 4.74 Å². The summed E-state index contributed by atoms with van der Waals surface area (Å²) < 4.78 is 5.82. The summed E-state index contributed by atoms with van der Waals surface area (Å²) in [5.74, 6) is 0.754. The Labute approximate surface area is 122 Å². The lowest BCUT2D eigenvalue weighted by Gasteiger charge is -2.25. The number of nitrogens with zero attached hydrogens (tertiary/aromatic N) is 1. The average Bonchev–Trinajstić information content (AvgIpc) is 2.43. The maximum Gasteiger partial charge on any atom is 0.142 e. The third-order valence-corrected chi connectivity index (χ3v) is 3.56. The highest BCUT2D eigenvalue weighted by molar-refractivity contribution is 5.29. The van der Waals surface area contributed by atoms with Crippen LogP contribution >= 0.6 is 0 Å². The quantitative estimate of drug-likeness (QED) is 0.769. The van der Waals surface area contributed by atoms with Crippen molar-refractivity contribution in [3.05, 3.63) is 23.5 Å². The van der Waals surface area contributed by atoms with Gasteiger partial charge in [0.15, 0.2) is 0 Å². The van der Waals surface area contributed by atoms with Crippen LogP contribution in [-0.2, 0) is 6.54 Å². The molecule has 0 unspecified atom stereocenters. The van der Waals surface area contributed by atoms with Crippen LogP contribution in [0.1, 0.15) is 51.9 Å². The maximum absolute atomic E-state index is 10.3. The van der Waals surface area contributed by atoms with Crippen molar-refractivity contribution < 1.29 is 9.84 Å². The molecule has 0 fully saturated rings. The standard InChI is InChI=1S/C16H28N2O2/c1-6-16(19,7-2)11-20-15-9-8-13(5)18-14(15)10-17-12(3)4/h8-9,12,17,19H,6-7,10-11H2,1-5H3. The smallest absolute Gasteiger partial charge is 0.142 e. The molecule has 0 aliphatic heterocycles. The van der Waals surface area contributed by atoms with Gasteiger partial charge in [0.2, 0.25) is 0 Å². The van der Waals surface area contributed by atoms with Gasteiger partial charge in [0, 0.05) is 18.3 Å². The van der Waals surface area contributed by atoms with Crippen LogP contribution in [0.4, 0.5) is 0 Å². The van der Waals surface area contributed by atoms with E-state index >= 15 is 0 Å². The molecule has 4 heteroatoms. The van der Waals surface area contributed by atoms with E-state index in [1.807, 2.05) is 32.9 Å². The Morgan fingerprint density at radius 1 is 1.30 bits per heavy atom. The molecule has 0 radical (unpaired) electrons. The first kappa shape index (κ1) is 16.9. The lowest BCUT2D eigenvalue weighted by atomic mass is 9.99. The molecule has 1 heterocycles. The molecule has 0 bridgehead atoms. The summed E-state index contributed by atoms with van der Waals surface area (Å²) in [4.78, 5) is 4.53. The van der Waals surface area contributed by atoms with Crippen LogP contribution in [0.5, 0.6) is 5.75 Å². The van der Waals surface area contributed by atoms with E-state index in [2.05, 4.69) is 24.1 Å². The summed E-state index contributed by atoms with van der Waals surface area (Å²) in [7, 11) is 0. The van der Waals surface area contributed by atoms with Crippen molar-refractivity contribution in [3.8, 4) is 5.75 Å². The predicted octanol–water partition coefficient (Wildman–Crippen LogP) is 2.82.